The third-order valence-electron chi connectivity index (χ3n) is 3.96. The van der Waals surface area contributed by atoms with E-state index in [0.29, 0.717) is 11.8 Å². The monoisotopic (exact) mass is 251 g/mol. The standard InChI is InChI=1S/C13H21N3O2/c1-17-12(10-2-3-10)13-15-11(18-16-13)8-9-4-6-14-7-5-9/h9-10,12,14H,2-8H2,1H3. The summed E-state index contributed by atoms with van der Waals surface area (Å²) in [5.41, 5.74) is 0. The van der Waals surface area contributed by atoms with Crippen molar-refractivity contribution in [1.29, 1.82) is 0 Å². The zero-order chi connectivity index (χ0) is 12.4. The summed E-state index contributed by atoms with van der Waals surface area (Å²) in [6.45, 7) is 2.21. The average Bonchev–Trinajstić information content (AvgIpc) is 3.13. The molecule has 5 heteroatoms. The van der Waals surface area contributed by atoms with Crippen molar-refractivity contribution in [3.8, 4) is 0 Å². The minimum Gasteiger partial charge on any atom is -0.373 e. The fourth-order valence-corrected chi connectivity index (χ4v) is 2.71. The van der Waals surface area contributed by atoms with Gasteiger partial charge >= 0.3 is 0 Å². The second kappa shape index (κ2) is 5.36. The van der Waals surface area contributed by atoms with Crippen LogP contribution in [0.15, 0.2) is 4.52 Å². The molecule has 1 atom stereocenters. The number of aromatic nitrogens is 2. The van der Waals surface area contributed by atoms with E-state index < -0.39 is 0 Å². The van der Waals surface area contributed by atoms with E-state index in [4.69, 9.17) is 9.26 Å². The van der Waals surface area contributed by atoms with Crippen molar-refractivity contribution in [1.82, 2.24) is 15.5 Å². The summed E-state index contributed by atoms with van der Waals surface area (Å²) in [6, 6.07) is 0. The van der Waals surface area contributed by atoms with Crippen LogP contribution in [-0.4, -0.2) is 30.3 Å². The highest BCUT2D eigenvalue weighted by Gasteiger charge is 2.35. The SMILES string of the molecule is COC(c1noc(CC2CCNCC2)n1)C1CC1. The summed E-state index contributed by atoms with van der Waals surface area (Å²) in [5, 5.41) is 7.46. The van der Waals surface area contributed by atoms with Gasteiger partial charge in [-0.1, -0.05) is 5.16 Å². The Labute approximate surface area is 107 Å². The van der Waals surface area contributed by atoms with Crippen molar-refractivity contribution in [2.75, 3.05) is 20.2 Å². The van der Waals surface area contributed by atoms with E-state index in [-0.39, 0.29) is 6.10 Å². The average molecular weight is 251 g/mol. The Morgan fingerprint density at radius 2 is 2.11 bits per heavy atom. The van der Waals surface area contributed by atoms with E-state index >= 15 is 0 Å². The van der Waals surface area contributed by atoms with Gasteiger partial charge in [0.15, 0.2) is 0 Å². The first-order chi connectivity index (χ1) is 8.86. The summed E-state index contributed by atoms with van der Waals surface area (Å²) in [7, 11) is 1.73. The van der Waals surface area contributed by atoms with E-state index in [9.17, 15) is 0 Å². The van der Waals surface area contributed by atoms with Gasteiger partial charge < -0.3 is 14.6 Å². The molecule has 1 aromatic rings. The van der Waals surface area contributed by atoms with Gasteiger partial charge in [-0.15, -0.1) is 0 Å². The lowest BCUT2D eigenvalue weighted by Crippen LogP contribution is -2.28. The van der Waals surface area contributed by atoms with Crippen molar-refractivity contribution >= 4 is 0 Å². The molecule has 0 bridgehead atoms. The molecule has 2 heterocycles. The predicted octanol–water partition coefficient (Wildman–Crippen LogP) is 1.71. The number of hydrogen-bond acceptors (Lipinski definition) is 5. The highest BCUT2D eigenvalue weighted by Crippen LogP contribution is 2.41. The molecule has 1 aromatic heterocycles. The molecule has 2 fully saturated rings. The maximum absolute atomic E-state index is 5.47. The lowest BCUT2D eigenvalue weighted by molar-refractivity contribution is 0.0751. The Kier molecular flexibility index (Phi) is 3.61. The van der Waals surface area contributed by atoms with Crippen LogP contribution in [0, 0.1) is 11.8 Å². The molecule has 18 heavy (non-hydrogen) atoms. The number of piperidine rings is 1. The van der Waals surface area contributed by atoms with Crippen LogP contribution in [0.3, 0.4) is 0 Å². The minimum atomic E-state index is 0.0375. The largest absolute Gasteiger partial charge is 0.373 e. The molecule has 3 rings (SSSR count). The molecule has 0 amide bonds. The van der Waals surface area contributed by atoms with E-state index in [0.717, 1.165) is 31.2 Å². The number of nitrogens with zero attached hydrogens (tertiary/aromatic N) is 2. The Morgan fingerprint density at radius 3 is 2.78 bits per heavy atom. The molecule has 5 nitrogen and oxygen atoms in total. The normalized spacial score (nSPS) is 23.2. The van der Waals surface area contributed by atoms with Gasteiger partial charge in [0, 0.05) is 13.5 Å². The highest BCUT2D eigenvalue weighted by atomic mass is 16.5. The van der Waals surface area contributed by atoms with E-state index in [1.54, 1.807) is 7.11 Å². The molecule has 1 unspecified atom stereocenters. The molecular weight excluding hydrogens is 230 g/mol. The van der Waals surface area contributed by atoms with Crippen LogP contribution in [0.1, 0.15) is 43.5 Å². The van der Waals surface area contributed by atoms with E-state index in [1.807, 2.05) is 0 Å². The van der Waals surface area contributed by atoms with Crippen molar-refractivity contribution in [2.24, 2.45) is 11.8 Å². The van der Waals surface area contributed by atoms with E-state index in [1.165, 1.54) is 25.7 Å². The Balaban J connectivity index is 1.61. The van der Waals surface area contributed by atoms with Gasteiger partial charge in [-0.3, -0.25) is 0 Å². The number of ether oxygens (including phenoxy) is 1. The van der Waals surface area contributed by atoms with Crippen molar-refractivity contribution < 1.29 is 9.26 Å². The van der Waals surface area contributed by atoms with Crippen LogP contribution in [0.25, 0.3) is 0 Å². The van der Waals surface area contributed by atoms with Gasteiger partial charge in [0.1, 0.15) is 6.10 Å². The van der Waals surface area contributed by atoms with Crippen molar-refractivity contribution in [3.05, 3.63) is 11.7 Å². The number of nitrogens with one attached hydrogen (secondary N) is 1. The fourth-order valence-electron chi connectivity index (χ4n) is 2.71. The highest BCUT2D eigenvalue weighted by molar-refractivity contribution is 4.98. The van der Waals surface area contributed by atoms with Crippen LogP contribution in [0.2, 0.25) is 0 Å². The first-order valence-corrected chi connectivity index (χ1v) is 6.93. The first-order valence-electron chi connectivity index (χ1n) is 6.93. The molecular formula is C13H21N3O2. The Hall–Kier alpha value is -0.940. The third kappa shape index (κ3) is 2.72. The smallest absolute Gasteiger partial charge is 0.227 e. The van der Waals surface area contributed by atoms with Gasteiger partial charge in [0.2, 0.25) is 11.7 Å². The number of hydrogen-bond donors (Lipinski definition) is 1. The van der Waals surface area contributed by atoms with Crippen molar-refractivity contribution in [2.45, 2.75) is 38.2 Å². The molecule has 0 aromatic carbocycles. The summed E-state index contributed by atoms with van der Waals surface area (Å²) < 4.78 is 10.8. The molecule has 2 aliphatic rings. The second-order valence-electron chi connectivity index (χ2n) is 5.44. The van der Waals surface area contributed by atoms with Crippen LogP contribution < -0.4 is 5.32 Å². The van der Waals surface area contributed by atoms with Gasteiger partial charge in [0.25, 0.3) is 0 Å². The summed E-state index contributed by atoms with van der Waals surface area (Å²) in [6.07, 6.45) is 5.79. The molecule has 0 spiro atoms. The Bertz CT molecular complexity index is 383. The van der Waals surface area contributed by atoms with Crippen LogP contribution in [0.4, 0.5) is 0 Å². The quantitative estimate of drug-likeness (QED) is 0.863. The fraction of sp³-hybridized carbons (Fsp3) is 0.846. The maximum Gasteiger partial charge on any atom is 0.227 e. The van der Waals surface area contributed by atoms with Gasteiger partial charge in [0.05, 0.1) is 0 Å². The van der Waals surface area contributed by atoms with Crippen molar-refractivity contribution in [3.63, 3.8) is 0 Å². The summed E-state index contributed by atoms with van der Waals surface area (Å²) >= 11 is 0. The second-order valence-corrected chi connectivity index (χ2v) is 5.44. The van der Waals surface area contributed by atoms with E-state index in [2.05, 4.69) is 15.5 Å². The van der Waals surface area contributed by atoms with Crippen LogP contribution >= 0.6 is 0 Å². The number of methoxy groups -OCH3 is 1. The van der Waals surface area contributed by atoms with Crippen LogP contribution in [0.5, 0.6) is 0 Å². The van der Waals surface area contributed by atoms with Gasteiger partial charge in [-0.2, -0.15) is 4.98 Å². The maximum atomic E-state index is 5.47. The minimum absolute atomic E-state index is 0.0375. The molecule has 1 saturated carbocycles. The molecule has 1 saturated heterocycles. The topological polar surface area (TPSA) is 60.2 Å². The zero-order valence-electron chi connectivity index (χ0n) is 10.9. The van der Waals surface area contributed by atoms with Gasteiger partial charge in [-0.25, -0.2) is 0 Å². The summed E-state index contributed by atoms with van der Waals surface area (Å²) in [4.78, 5) is 4.51. The molecule has 0 radical (unpaired) electrons. The zero-order valence-corrected chi connectivity index (χ0v) is 10.9. The van der Waals surface area contributed by atoms with Crippen LogP contribution in [-0.2, 0) is 11.2 Å². The van der Waals surface area contributed by atoms with Gasteiger partial charge in [-0.05, 0) is 50.6 Å². The lowest BCUT2D eigenvalue weighted by Gasteiger charge is -2.20. The summed E-state index contributed by atoms with van der Waals surface area (Å²) in [5.74, 6) is 2.80. The molecule has 1 aliphatic heterocycles. The number of rotatable bonds is 5. The lowest BCUT2D eigenvalue weighted by atomic mass is 9.95. The molecule has 1 N–H and O–H groups in total. The predicted molar refractivity (Wildman–Crippen MR) is 66.1 cm³/mol. The molecule has 1 aliphatic carbocycles. The third-order valence-corrected chi connectivity index (χ3v) is 3.96. The molecule has 100 valence electrons. The Morgan fingerprint density at radius 1 is 1.33 bits per heavy atom. The first kappa shape index (κ1) is 12.1.